The Labute approximate surface area is 162 Å². The first-order valence-electron chi connectivity index (χ1n) is 8.23. The zero-order valence-corrected chi connectivity index (χ0v) is 16.0. The van der Waals surface area contributed by atoms with E-state index in [1.165, 1.54) is 0 Å². The summed E-state index contributed by atoms with van der Waals surface area (Å²) in [6.45, 7) is 5.80. The highest BCUT2D eigenvalue weighted by molar-refractivity contribution is 9.11. The van der Waals surface area contributed by atoms with Crippen LogP contribution < -0.4 is 0 Å². The minimum atomic E-state index is 0.630. The van der Waals surface area contributed by atoms with E-state index in [1.807, 2.05) is 85.8 Å². The fourth-order valence-electron chi connectivity index (χ4n) is 2.42. The topological polar surface area (TPSA) is 38.7 Å². The van der Waals surface area contributed by atoms with Gasteiger partial charge in [-0.2, -0.15) is 0 Å². The van der Waals surface area contributed by atoms with Crippen molar-refractivity contribution in [1.82, 2.24) is 15.0 Å². The molecular weight excluding hydrogens is 386 g/mol. The SMILES string of the molecule is C=C(Br)/C=C\C(=C/C)c1nc(-c2ccccc2)nc(-c2ccccc2)n1. The first-order chi connectivity index (χ1) is 12.7. The number of benzene rings is 2. The Morgan fingerprint density at radius 1 is 0.808 bits per heavy atom. The molecule has 0 radical (unpaired) electrons. The number of hydrogen-bond acceptors (Lipinski definition) is 3. The van der Waals surface area contributed by atoms with Gasteiger partial charge >= 0.3 is 0 Å². The zero-order valence-electron chi connectivity index (χ0n) is 14.4. The molecule has 0 aliphatic heterocycles. The summed E-state index contributed by atoms with van der Waals surface area (Å²) in [6, 6.07) is 19.9. The third-order valence-corrected chi connectivity index (χ3v) is 3.98. The van der Waals surface area contributed by atoms with E-state index in [0.717, 1.165) is 21.2 Å². The second-order valence-electron chi connectivity index (χ2n) is 5.56. The lowest BCUT2D eigenvalue weighted by atomic mass is 10.1. The minimum Gasteiger partial charge on any atom is -0.208 e. The largest absolute Gasteiger partial charge is 0.208 e. The fourth-order valence-corrected chi connectivity index (χ4v) is 2.55. The van der Waals surface area contributed by atoms with E-state index in [0.29, 0.717) is 17.5 Å². The first kappa shape index (κ1) is 18.0. The molecule has 0 aliphatic rings. The fraction of sp³-hybridized carbons (Fsp3) is 0.0455. The van der Waals surface area contributed by atoms with Crippen molar-refractivity contribution in [2.75, 3.05) is 0 Å². The lowest BCUT2D eigenvalue weighted by Crippen LogP contribution is -2.02. The summed E-state index contributed by atoms with van der Waals surface area (Å²) < 4.78 is 0.789. The maximum Gasteiger partial charge on any atom is 0.164 e. The summed E-state index contributed by atoms with van der Waals surface area (Å²) in [5, 5.41) is 0. The third-order valence-electron chi connectivity index (χ3n) is 3.71. The molecule has 1 aromatic heterocycles. The summed E-state index contributed by atoms with van der Waals surface area (Å²) >= 11 is 3.35. The standard InChI is InChI=1S/C22H18BrN3/c1-3-17(15-14-16(2)23)20-24-21(18-10-6-4-7-11-18)26-22(25-20)19-12-8-5-9-13-19/h3-15H,2H2,1H3/b15-14-,17-3+. The normalized spacial score (nSPS) is 11.7. The van der Waals surface area contributed by atoms with Gasteiger partial charge in [0.05, 0.1) is 0 Å². The van der Waals surface area contributed by atoms with Crippen LogP contribution in [-0.2, 0) is 0 Å². The van der Waals surface area contributed by atoms with Crippen molar-refractivity contribution >= 4 is 21.5 Å². The van der Waals surface area contributed by atoms with Crippen LogP contribution in [0.2, 0.25) is 0 Å². The molecule has 0 fully saturated rings. The van der Waals surface area contributed by atoms with Crippen LogP contribution in [0.5, 0.6) is 0 Å². The molecule has 3 rings (SSSR count). The minimum absolute atomic E-state index is 0.630. The molecular formula is C22H18BrN3. The van der Waals surface area contributed by atoms with Crippen molar-refractivity contribution in [3.63, 3.8) is 0 Å². The van der Waals surface area contributed by atoms with Crippen LogP contribution in [0.1, 0.15) is 12.7 Å². The average molecular weight is 404 g/mol. The summed E-state index contributed by atoms with van der Waals surface area (Å²) in [4.78, 5) is 14.1. The van der Waals surface area contributed by atoms with Gasteiger partial charge in [0.25, 0.3) is 0 Å². The van der Waals surface area contributed by atoms with Crippen LogP contribution in [0, 0.1) is 0 Å². The highest BCUT2D eigenvalue weighted by Gasteiger charge is 2.11. The van der Waals surface area contributed by atoms with Crippen LogP contribution in [0.3, 0.4) is 0 Å². The molecule has 0 saturated heterocycles. The average Bonchev–Trinajstić information content (AvgIpc) is 2.69. The maximum atomic E-state index is 4.69. The molecule has 0 amide bonds. The van der Waals surface area contributed by atoms with Gasteiger partial charge in [-0.05, 0) is 13.0 Å². The highest BCUT2D eigenvalue weighted by atomic mass is 79.9. The molecule has 4 heteroatoms. The van der Waals surface area contributed by atoms with Gasteiger partial charge in [0.2, 0.25) is 0 Å². The lowest BCUT2D eigenvalue weighted by molar-refractivity contribution is 1.04. The summed E-state index contributed by atoms with van der Waals surface area (Å²) in [7, 11) is 0. The number of nitrogens with zero attached hydrogens (tertiary/aromatic N) is 3. The van der Waals surface area contributed by atoms with Crippen LogP contribution in [0.4, 0.5) is 0 Å². The van der Waals surface area contributed by atoms with Crippen molar-refractivity contribution in [2.24, 2.45) is 0 Å². The second-order valence-corrected chi connectivity index (χ2v) is 6.58. The van der Waals surface area contributed by atoms with Crippen molar-refractivity contribution in [3.8, 4) is 22.8 Å². The maximum absolute atomic E-state index is 4.69. The van der Waals surface area contributed by atoms with Gasteiger partial charge < -0.3 is 0 Å². The highest BCUT2D eigenvalue weighted by Crippen LogP contribution is 2.23. The second kappa shape index (κ2) is 8.50. The zero-order chi connectivity index (χ0) is 18.4. The Morgan fingerprint density at radius 2 is 1.31 bits per heavy atom. The van der Waals surface area contributed by atoms with Gasteiger partial charge in [-0.3, -0.25) is 0 Å². The number of aromatic nitrogens is 3. The Morgan fingerprint density at radius 3 is 1.73 bits per heavy atom. The van der Waals surface area contributed by atoms with E-state index >= 15 is 0 Å². The predicted molar refractivity (Wildman–Crippen MR) is 112 cm³/mol. The van der Waals surface area contributed by atoms with Crippen molar-refractivity contribution in [2.45, 2.75) is 6.92 Å². The predicted octanol–water partition coefficient (Wildman–Crippen LogP) is 6.07. The van der Waals surface area contributed by atoms with Gasteiger partial charge in [-0.25, -0.2) is 15.0 Å². The van der Waals surface area contributed by atoms with Crippen LogP contribution in [0.15, 0.2) is 90.0 Å². The molecule has 0 N–H and O–H groups in total. The molecule has 26 heavy (non-hydrogen) atoms. The van der Waals surface area contributed by atoms with Gasteiger partial charge in [0.1, 0.15) is 0 Å². The molecule has 0 spiro atoms. The number of allylic oxidation sites excluding steroid dienone is 5. The molecule has 128 valence electrons. The smallest absolute Gasteiger partial charge is 0.164 e. The molecule has 3 nitrogen and oxygen atoms in total. The van der Waals surface area contributed by atoms with Gasteiger partial charge in [0, 0.05) is 21.2 Å². The first-order valence-corrected chi connectivity index (χ1v) is 9.03. The van der Waals surface area contributed by atoms with Crippen molar-refractivity contribution in [1.29, 1.82) is 0 Å². The van der Waals surface area contributed by atoms with E-state index in [-0.39, 0.29) is 0 Å². The van der Waals surface area contributed by atoms with E-state index in [1.54, 1.807) is 0 Å². The molecule has 3 aromatic rings. The van der Waals surface area contributed by atoms with E-state index in [2.05, 4.69) is 27.5 Å². The Bertz CT molecular complexity index is 903. The lowest BCUT2D eigenvalue weighted by Gasteiger charge is -2.08. The Hall–Kier alpha value is -2.85. The molecule has 1 heterocycles. The van der Waals surface area contributed by atoms with Crippen LogP contribution in [-0.4, -0.2) is 15.0 Å². The third kappa shape index (κ3) is 4.41. The number of halogens is 1. The monoisotopic (exact) mass is 403 g/mol. The Balaban J connectivity index is 2.16. The van der Waals surface area contributed by atoms with E-state index in [9.17, 15) is 0 Å². The van der Waals surface area contributed by atoms with E-state index in [4.69, 9.17) is 9.97 Å². The van der Waals surface area contributed by atoms with Crippen LogP contribution >= 0.6 is 15.9 Å². The van der Waals surface area contributed by atoms with Crippen molar-refractivity contribution in [3.05, 3.63) is 95.8 Å². The summed E-state index contributed by atoms with van der Waals surface area (Å²) in [5.41, 5.74) is 2.82. The Kier molecular flexibility index (Phi) is 5.87. The molecule has 0 unspecified atom stereocenters. The molecule has 2 aromatic carbocycles. The summed E-state index contributed by atoms with van der Waals surface area (Å²) in [5.74, 6) is 1.94. The number of rotatable bonds is 5. The van der Waals surface area contributed by atoms with Gasteiger partial charge in [-0.15, -0.1) is 0 Å². The molecule has 0 atom stereocenters. The van der Waals surface area contributed by atoms with E-state index < -0.39 is 0 Å². The molecule has 0 saturated carbocycles. The van der Waals surface area contributed by atoms with Crippen molar-refractivity contribution < 1.29 is 0 Å². The quantitative estimate of drug-likeness (QED) is 0.484. The van der Waals surface area contributed by atoms with Gasteiger partial charge in [-0.1, -0.05) is 95.3 Å². The van der Waals surface area contributed by atoms with Gasteiger partial charge in [0.15, 0.2) is 17.5 Å². The molecule has 0 bridgehead atoms. The molecule has 0 aliphatic carbocycles. The van der Waals surface area contributed by atoms with Crippen LogP contribution in [0.25, 0.3) is 28.3 Å². The summed E-state index contributed by atoms with van der Waals surface area (Å²) in [6.07, 6.45) is 5.80. The number of hydrogen-bond donors (Lipinski definition) is 0.